The lowest BCUT2D eigenvalue weighted by atomic mass is 10.00. The van der Waals surface area contributed by atoms with Crippen molar-refractivity contribution in [2.24, 2.45) is 5.84 Å². The summed E-state index contributed by atoms with van der Waals surface area (Å²) in [6.45, 7) is 2.25. The van der Waals surface area contributed by atoms with Crippen LogP contribution in [0.15, 0.2) is 24.3 Å². The smallest absolute Gasteiger partial charge is 0.0460 e. The van der Waals surface area contributed by atoms with Crippen LogP contribution in [0.4, 0.5) is 0 Å². The van der Waals surface area contributed by atoms with Crippen LogP contribution in [0.3, 0.4) is 0 Å². The Morgan fingerprint density at radius 1 is 1.00 bits per heavy atom. The Morgan fingerprint density at radius 3 is 2.16 bits per heavy atom. The number of benzene rings is 1. The monoisotopic (exact) mass is 282 g/mol. The van der Waals surface area contributed by atoms with Crippen LogP contribution < -0.4 is 11.3 Å². The van der Waals surface area contributed by atoms with Gasteiger partial charge in [-0.05, 0) is 24.1 Å². The Labute approximate surface area is 122 Å². The van der Waals surface area contributed by atoms with Crippen molar-refractivity contribution in [2.45, 2.75) is 64.3 Å². The Morgan fingerprint density at radius 2 is 1.58 bits per heavy atom. The van der Waals surface area contributed by atoms with Crippen molar-refractivity contribution in [1.82, 2.24) is 5.43 Å². The van der Waals surface area contributed by atoms with Gasteiger partial charge in [-0.1, -0.05) is 75.6 Å². The van der Waals surface area contributed by atoms with E-state index in [1.54, 1.807) is 0 Å². The standard InChI is InChI=1S/C16H27ClN2/c1-2-3-4-5-6-7-8-9-16(19-18)14-10-12-15(17)13-11-14/h10-13,16,19H,2-9,18H2,1H3. The van der Waals surface area contributed by atoms with Gasteiger partial charge in [0.05, 0.1) is 0 Å². The van der Waals surface area contributed by atoms with Crippen LogP contribution in [0.5, 0.6) is 0 Å². The van der Waals surface area contributed by atoms with E-state index < -0.39 is 0 Å². The van der Waals surface area contributed by atoms with Gasteiger partial charge < -0.3 is 0 Å². The zero-order valence-electron chi connectivity index (χ0n) is 12.0. The van der Waals surface area contributed by atoms with Crippen LogP contribution in [0.2, 0.25) is 5.02 Å². The van der Waals surface area contributed by atoms with Crippen molar-refractivity contribution in [3.8, 4) is 0 Å². The summed E-state index contributed by atoms with van der Waals surface area (Å²) in [7, 11) is 0. The summed E-state index contributed by atoms with van der Waals surface area (Å²) < 4.78 is 0. The number of rotatable bonds is 10. The Kier molecular flexibility index (Phi) is 8.89. The van der Waals surface area contributed by atoms with Gasteiger partial charge in [0, 0.05) is 11.1 Å². The van der Waals surface area contributed by atoms with Gasteiger partial charge in [0.1, 0.15) is 0 Å². The molecule has 1 atom stereocenters. The predicted octanol–water partition coefficient (Wildman–Crippen LogP) is 4.99. The fourth-order valence-corrected chi connectivity index (χ4v) is 2.47. The molecule has 0 aliphatic heterocycles. The molecule has 108 valence electrons. The molecule has 0 fully saturated rings. The zero-order valence-corrected chi connectivity index (χ0v) is 12.8. The van der Waals surface area contributed by atoms with Crippen molar-refractivity contribution < 1.29 is 0 Å². The third-order valence-corrected chi connectivity index (χ3v) is 3.82. The molecular weight excluding hydrogens is 256 g/mol. The summed E-state index contributed by atoms with van der Waals surface area (Å²) in [6, 6.07) is 8.19. The molecule has 0 bridgehead atoms. The average molecular weight is 283 g/mol. The van der Waals surface area contributed by atoms with Crippen LogP contribution in [-0.4, -0.2) is 0 Å². The molecule has 0 aromatic heterocycles. The number of nitrogens with two attached hydrogens (primary N) is 1. The Bertz CT molecular complexity index is 324. The van der Waals surface area contributed by atoms with E-state index >= 15 is 0 Å². The average Bonchev–Trinajstić information content (AvgIpc) is 2.43. The minimum atomic E-state index is 0.243. The third kappa shape index (κ3) is 6.95. The van der Waals surface area contributed by atoms with Gasteiger partial charge >= 0.3 is 0 Å². The van der Waals surface area contributed by atoms with Crippen molar-refractivity contribution in [3.05, 3.63) is 34.9 Å². The predicted molar refractivity (Wildman–Crippen MR) is 84.1 cm³/mol. The van der Waals surface area contributed by atoms with Crippen molar-refractivity contribution >= 4 is 11.6 Å². The molecule has 0 aliphatic rings. The van der Waals surface area contributed by atoms with Gasteiger partial charge in [-0.15, -0.1) is 0 Å². The Hall–Kier alpha value is -0.570. The molecule has 1 aromatic rings. The molecule has 0 saturated carbocycles. The van der Waals surface area contributed by atoms with E-state index in [1.807, 2.05) is 24.3 Å². The molecule has 3 N–H and O–H groups in total. The number of hydrazine groups is 1. The minimum Gasteiger partial charge on any atom is -0.271 e. The third-order valence-electron chi connectivity index (χ3n) is 3.57. The van der Waals surface area contributed by atoms with Crippen molar-refractivity contribution in [3.63, 3.8) is 0 Å². The molecule has 3 heteroatoms. The molecule has 0 saturated heterocycles. The first-order valence-corrected chi connectivity index (χ1v) is 7.87. The largest absolute Gasteiger partial charge is 0.271 e. The van der Waals surface area contributed by atoms with Crippen LogP contribution in [0.1, 0.15) is 69.9 Å². The molecule has 0 aliphatic carbocycles. The maximum absolute atomic E-state index is 5.90. The number of unbranched alkanes of at least 4 members (excludes halogenated alkanes) is 6. The second-order valence-corrected chi connectivity index (χ2v) is 5.62. The van der Waals surface area contributed by atoms with Crippen molar-refractivity contribution in [1.29, 1.82) is 0 Å². The molecule has 1 aromatic carbocycles. The van der Waals surface area contributed by atoms with Gasteiger partial charge in [-0.2, -0.15) is 0 Å². The van der Waals surface area contributed by atoms with E-state index in [0.29, 0.717) is 0 Å². The second-order valence-electron chi connectivity index (χ2n) is 5.18. The lowest BCUT2D eigenvalue weighted by molar-refractivity contribution is 0.476. The highest BCUT2D eigenvalue weighted by Gasteiger charge is 2.08. The highest BCUT2D eigenvalue weighted by Crippen LogP contribution is 2.21. The summed E-state index contributed by atoms with van der Waals surface area (Å²) in [5, 5.41) is 0.774. The maximum atomic E-state index is 5.90. The van der Waals surface area contributed by atoms with Gasteiger partial charge in [0.25, 0.3) is 0 Å². The SMILES string of the molecule is CCCCCCCCCC(NN)c1ccc(Cl)cc1. The molecular formula is C16H27ClN2. The molecule has 1 unspecified atom stereocenters. The molecule has 0 amide bonds. The number of hydrogen-bond acceptors (Lipinski definition) is 2. The normalized spacial score (nSPS) is 12.6. The molecule has 1 rings (SSSR count). The van der Waals surface area contributed by atoms with E-state index in [2.05, 4.69) is 12.3 Å². The van der Waals surface area contributed by atoms with E-state index in [1.165, 1.54) is 50.5 Å². The van der Waals surface area contributed by atoms with Crippen LogP contribution in [0.25, 0.3) is 0 Å². The van der Waals surface area contributed by atoms with Gasteiger partial charge in [0.2, 0.25) is 0 Å². The van der Waals surface area contributed by atoms with E-state index in [-0.39, 0.29) is 6.04 Å². The summed E-state index contributed by atoms with van der Waals surface area (Å²) in [5.74, 6) is 5.64. The first-order valence-electron chi connectivity index (χ1n) is 7.49. The lowest BCUT2D eigenvalue weighted by Crippen LogP contribution is -2.27. The summed E-state index contributed by atoms with van der Waals surface area (Å²) in [6.07, 6.45) is 10.4. The lowest BCUT2D eigenvalue weighted by Gasteiger charge is -2.16. The maximum Gasteiger partial charge on any atom is 0.0460 e. The zero-order chi connectivity index (χ0) is 13.9. The van der Waals surface area contributed by atoms with Crippen molar-refractivity contribution in [2.75, 3.05) is 0 Å². The van der Waals surface area contributed by atoms with Gasteiger partial charge in [-0.3, -0.25) is 11.3 Å². The van der Waals surface area contributed by atoms with E-state index in [4.69, 9.17) is 17.4 Å². The van der Waals surface area contributed by atoms with E-state index in [0.717, 1.165) is 11.4 Å². The number of nitrogens with one attached hydrogen (secondary N) is 1. The van der Waals surface area contributed by atoms with Crippen LogP contribution in [0, 0.1) is 0 Å². The topological polar surface area (TPSA) is 38.0 Å². The quantitative estimate of drug-likeness (QED) is 0.361. The highest BCUT2D eigenvalue weighted by molar-refractivity contribution is 6.30. The van der Waals surface area contributed by atoms with Crippen LogP contribution >= 0.6 is 11.6 Å². The van der Waals surface area contributed by atoms with Gasteiger partial charge in [0.15, 0.2) is 0 Å². The second kappa shape index (κ2) is 10.2. The first-order chi connectivity index (χ1) is 9.27. The summed E-state index contributed by atoms with van der Waals surface area (Å²) in [4.78, 5) is 0. The highest BCUT2D eigenvalue weighted by atomic mass is 35.5. The fraction of sp³-hybridized carbons (Fsp3) is 0.625. The number of hydrogen-bond donors (Lipinski definition) is 2. The molecule has 0 radical (unpaired) electrons. The molecule has 0 spiro atoms. The van der Waals surface area contributed by atoms with Crippen LogP contribution in [-0.2, 0) is 0 Å². The number of halogens is 1. The minimum absolute atomic E-state index is 0.243. The van der Waals surface area contributed by atoms with Gasteiger partial charge in [-0.25, -0.2) is 0 Å². The molecule has 0 heterocycles. The summed E-state index contributed by atoms with van der Waals surface area (Å²) in [5.41, 5.74) is 4.13. The molecule has 19 heavy (non-hydrogen) atoms. The Balaban J connectivity index is 2.20. The fourth-order valence-electron chi connectivity index (χ4n) is 2.35. The van der Waals surface area contributed by atoms with E-state index in [9.17, 15) is 0 Å². The first kappa shape index (κ1) is 16.5. The summed E-state index contributed by atoms with van der Waals surface area (Å²) >= 11 is 5.90. The molecule has 2 nitrogen and oxygen atoms in total.